The average Bonchev–Trinajstić information content (AvgIpc) is 2.80. The van der Waals surface area contributed by atoms with Gasteiger partial charge in [0.1, 0.15) is 12.6 Å². The molecule has 0 heterocycles. The van der Waals surface area contributed by atoms with Gasteiger partial charge in [-0.15, -0.1) is 0 Å². The van der Waals surface area contributed by atoms with E-state index >= 15 is 0 Å². The number of hydrogen-bond donors (Lipinski definition) is 1. The van der Waals surface area contributed by atoms with E-state index in [1.54, 1.807) is 19.1 Å². The highest BCUT2D eigenvalue weighted by Gasteiger charge is 2.30. The Morgan fingerprint density at radius 3 is 2.21 bits per heavy atom. The molecule has 9 heteroatoms. The Balaban J connectivity index is 2.40. The molecule has 184 valence electrons. The van der Waals surface area contributed by atoms with Crippen molar-refractivity contribution in [1.29, 1.82) is 0 Å². The van der Waals surface area contributed by atoms with Crippen LogP contribution >= 0.6 is 0 Å². The summed E-state index contributed by atoms with van der Waals surface area (Å²) in [5.74, 6) is -1.07. The third-order valence-electron chi connectivity index (χ3n) is 5.58. The summed E-state index contributed by atoms with van der Waals surface area (Å²) in [5.41, 5.74) is 1.35. The van der Waals surface area contributed by atoms with Gasteiger partial charge >= 0.3 is 0 Å². The van der Waals surface area contributed by atoms with Gasteiger partial charge in [0.25, 0.3) is 0 Å². The number of nitrogens with one attached hydrogen (secondary N) is 1. The molecule has 0 fully saturated rings. The summed E-state index contributed by atoms with van der Waals surface area (Å²) in [7, 11) is -3.86. The van der Waals surface area contributed by atoms with Crippen molar-refractivity contribution in [2.45, 2.75) is 52.7 Å². The third-order valence-corrected chi connectivity index (χ3v) is 6.72. The molecule has 0 aliphatic heterocycles. The fraction of sp³-hybridized carbons (Fsp3) is 0.400. The minimum absolute atomic E-state index is 0.0644. The summed E-state index contributed by atoms with van der Waals surface area (Å²) < 4.78 is 26.2. The van der Waals surface area contributed by atoms with Crippen molar-refractivity contribution in [1.82, 2.24) is 10.2 Å². The van der Waals surface area contributed by atoms with E-state index in [1.165, 1.54) is 24.0 Å². The maximum Gasteiger partial charge on any atom is 0.244 e. The molecule has 8 nitrogen and oxygen atoms in total. The van der Waals surface area contributed by atoms with Crippen molar-refractivity contribution in [2.75, 3.05) is 17.1 Å². The van der Waals surface area contributed by atoms with Gasteiger partial charge in [0, 0.05) is 18.2 Å². The highest BCUT2D eigenvalue weighted by atomic mass is 32.2. The van der Waals surface area contributed by atoms with Gasteiger partial charge < -0.3 is 10.2 Å². The summed E-state index contributed by atoms with van der Waals surface area (Å²) in [4.78, 5) is 39.5. The minimum Gasteiger partial charge on any atom is -0.352 e. The SMILES string of the molecule is CC[C@@H](C)NC(=O)[C@H](C)N(Cc1ccccc1)C(=O)CN(c1cccc(C(C)=O)c1)S(C)(=O)=O. The zero-order chi connectivity index (χ0) is 25.5. The number of benzene rings is 2. The molecule has 0 aromatic heterocycles. The average molecular weight is 488 g/mol. The number of carbonyl (C=O) groups is 3. The van der Waals surface area contributed by atoms with E-state index in [4.69, 9.17) is 0 Å². The van der Waals surface area contributed by atoms with E-state index in [2.05, 4.69) is 5.32 Å². The number of rotatable bonds is 11. The molecule has 2 amide bonds. The summed E-state index contributed by atoms with van der Waals surface area (Å²) >= 11 is 0. The highest BCUT2D eigenvalue weighted by Crippen LogP contribution is 2.21. The van der Waals surface area contributed by atoms with E-state index in [9.17, 15) is 22.8 Å². The van der Waals surface area contributed by atoms with Crippen molar-refractivity contribution in [2.24, 2.45) is 0 Å². The van der Waals surface area contributed by atoms with Crippen molar-refractivity contribution in [3.05, 3.63) is 65.7 Å². The van der Waals surface area contributed by atoms with E-state index in [0.29, 0.717) is 5.56 Å². The summed E-state index contributed by atoms with van der Waals surface area (Å²) in [6.07, 6.45) is 1.74. The lowest BCUT2D eigenvalue weighted by molar-refractivity contribution is -0.139. The lowest BCUT2D eigenvalue weighted by Gasteiger charge is -2.32. The second-order valence-corrected chi connectivity index (χ2v) is 10.3. The first-order valence-corrected chi connectivity index (χ1v) is 13.0. The lowest BCUT2D eigenvalue weighted by Crippen LogP contribution is -2.52. The van der Waals surface area contributed by atoms with E-state index < -0.39 is 28.5 Å². The van der Waals surface area contributed by atoms with Gasteiger partial charge in [-0.05, 0) is 44.9 Å². The van der Waals surface area contributed by atoms with Crippen LogP contribution < -0.4 is 9.62 Å². The molecule has 0 saturated carbocycles. The Bertz CT molecular complexity index is 1120. The third kappa shape index (κ3) is 7.41. The summed E-state index contributed by atoms with van der Waals surface area (Å²) in [6.45, 7) is 6.46. The van der Waals surface area contributed by atoms with Gasteiger partial charge in [-0.1, -0.05) is 49.4 Å². The van der Waals surface area contributed by atoms with Gasteiger partial charge in [-0.3, -0.25) is 18.7 Å². The molecule has 0 bridgehead atoms. The minimum atomic E-state index is -3.86. The van der Waals surface area contributed by atoms with Crippen LogP contribution in [0.25, 0.3) is 0 Å². The quantitative estimate of drug-likeness (QED) is 0.491. The topological polar surface area (TPSA) is 104 Å². The van der Waals surface area contributed by atoms with E-state index in [1.807, 2.05) is 44.2 Å². The van der Waals surface area contributed by atoms with Gasteiger partial charge in [-0.25, -0.2) is 8.42 Å². The molecule has 0 saturated heterocycles. The van der Waals surface area contributed by atoms with Crippen molar-refractivity contribution >= 4 is 33.3 Å². The summed E-state index contributed by atoms with van der Waals surface area (Å²) in [6, 6.07) is 14.4. The lowest BCUT2D eigenvalue weighted by atomic mass is 10.1. The second kappa shape index (κ2) is 11.8. The van der Waals surface area contributed by atoms with Crippen LogP contribution in [0.5, 0.6) is 0 Å². The zero-order valence-electron chi connectivity index (χ0n) is 20.3. The highest BCUT2D eigenvalue weighted by molar-refractivity contribution is 7.92. The van der Waals surface area contributed by atoms with Crippen LogP contribution in [0.2, 0.25) is 0 Å². The van der Waals surface area contributed by atoms with Crippen LogP contribution in [-0.2, 0) is 26.2 Å². The summed E-state index contributed by atoms with van der Waals surface area (Å²) in [5, 5.41) is 2.88. The number of carbonyl (C=O) groups excluding carboxylic acids is 3. The smallest absolute Gasteiger partial charge is 0.244 e. The molecular formula is C25H33N3O5S. The molecule has 2 aromatic carbocycles. The number of Topliss-reactive ketones (excluding diaryl/α,β-unsaturated/α-hetero) is 1. The predicted molar refractivity (Wildman–Crippen MR) is 133 cm³/mol. The molecule has 0 spiro atoms. The predicted octanol–water partition coefficient (Wildman–Crippen LogP) is 2.99. The Kier molecular flexibility index (Phi) is 9.37. The number of anilines is 1. The maximum atomic E-state index is 13.5. The maximum absolute atomic E-state index is 13.5. The van der Waals surface area contributed by atoms with E-state index in [-0.39, 0.29) is 30.0 Å². The van der Waals surface area contributed by atoms with Crippen LogP contribution in [0.4, 0.5) is 5.69 Å². The van der Waals surface area contributed by atoms with E-state index in [0.717, 1.165) is 22.5 Å². The zero-order valence-corrected chi connectivity index (χ0v) is 21.1. The second-order valence-electron chi connectivity index (χ2n) is 8.38. The van der Waals surface area contributed by atoms with Crippen LogP contribution in [0.1, 0.15) is 50.0 Å². The van der Waals surface area contributed by atoms with Gasteiger partial charge in [0.15, 0.2) is 5.78 Å². The number of ketones is 1. The molecule has 34 heavy (non-hydrogen) atoms. The first-order chi connectivity index (χ1) is 15.9. The largest absolute Gasteiger partial charge is 0.352 e. The molecule has 0 radical (unpaired) electrons. The molecule has 1 N–H and O–H groups in total. The molecule has 0 unspecified atom stereocenters. The van der Waals surface area contributed by atoms with Crippen molar-refractivity contribution < 1.29 is 22.8 Å². The van der Waals surface area contributed by atoms with Gasteiger partial charge in [-0.2, -0.15) is 0 Å². The molecule has 2 atom stereocenters. The van der Waals surface area contributed by atoms with Gasteiger partial charge in [0.05, 0.1) is 11.9 Å². The van der Waals surface area contributed by atoms with Crippen molar-refractivity contribution in [3.63, 3.8) is 0 Å². The number of nitrogens with zero attached hydrogens (tertiary/aromatic N) is 2. The Morgan fingerprint density at radius 2 is 1.65 bits per heavy atom. The molecule has 2 aromatic rings. The number of amides is 2. The number of sulfonamides is 1. The molecule has 0 aliphatic carbocycles. The van der Waals surface area contributed by atoms with Crippen molar-refractivity contribution in [3.8, 4) is 0 Å². The Hall–Kier alpha value is -3.20. The van der Waals surface area contributed by atoms with Crippen LogP contribution in [0.15, 0.2) is 54.6 Å². The van der Waals surface area contributed by atoms with Crippen LogP contribution in [0, 0.1) is 0 Å². The van der Waals surface area contributed by atoms with Crippen LogP contribution in [-0.4, -0.2) is 55.8 Å². The molecule has 0 aliphatic rings. The van der Waals surface area contributed by atoms with Gasteiger partial charge in [0.2, 0.25) is 21.8 Å². The normalized spacial score (nSPS) is 13.0. The Labute approximate surface area is 202 Å². The molecular weight excluding hydrogens is 454 g/mol. The standard InChI is InChI=1S/C25H33N3O5S/c1-6-18(2)26-25(31)19(3)27(16-21-11-8-7-9-12-21)24(30)17-28(34(5,32)33)23-14-10-13-22(15-23)20(4)29/h7-15,18-19H,6,16-17H2,1-5H3,(H,26,31)/t18-,19+/m1/s1. The fourth-order valence-corrected chi connectivity index (χ4v) is 4.16. The first kappa shape index (κ1) is 27.0. The van der Waals surface area contributed by atoms with Crippen LogP contribution in [0.3, 0.4) is 0 Å². The number of hydrogen-bond acceptors (Lipinski definition) is 5. The monoisotopic (exact) mass is 487 g/mol. The fourth-order valence-electron chi connectivity index (χ4n) is 3.32. The molecule has 2 rings (SSSR count). The Morgan fingerprint density at radius 1 is 1.00 bits per heavy atom. The first-order valence-electron chi connectivity index (χ1n) is 11.2.